The summed E-state index contributed by atoms with van der Waals surface area (Å²) in [5.74, 6) is -0.133. The first-order chi connectivity index (χ1) is 9.88. The van der Waals surface area contributed by atoms with Crippen LogP contribution in [0.2, 0.25) is 0 Å². The molecule has 0 saturated carbocycles. The molecule has 0 fully saturated rings. The van der Waals surface area contributed by atoms with Gasteiger partial charge in [0.05, 0.1) is 5.69 Å². The fourth-order valence-corrected chi connectivity index (χ4v) is 2.36. The average molecular weight is 290 g/mol. The van der Waals surface area contributed by atoms with E-state index in [9.17, 15) is 9.59 Å². The molecule has 1 aromatic carbocycles. The minimum Gasteiger partial charge on any atom is -0.344 e. The van der Waals surface area contributed by atoms with Crippen molar-refractivity contribution in [1.82, 2.24) is 4.90 Å². The summed E-state index contributed by atoms with van der Waals surface area (Å²) < 4.78 is 0. The van der Waals surface area contributed by atoms with E-state index in [1.54, 1.807) is 16.8 Å². The maximum Gasteiger partial charge on any atom is 0.242 e. The van der Waals surface area contributed by atoms with E-state index in [-0.39, 0.29) is 18.4 Å². The number of unbranched alkanes of at least 4 members (excludes halogenated alkanes) is 1. The molecule has 0 aliphatic heterocycles. The van der Waals surface area contributed by atoms with Crippen LogP contribution in [0.5, 0.6) is 0 Å². The number of benzene rings is 1. The summed E-state index contributed by atoms with van der Waals surface area (Å²) in [6.45, 7) is 8.35. The zero-order valence-electron chi connectivity index (χ0n) is 13.8. The highest BCUT2D eigenvalue weighted by Crippen LogP contribution is 2.24. The smallest absolute Gasteiger partial charge is 0.242 e. The summed E-state index contributed by atoms with van der Waals surface area (Å²) in [6, 6.07) is 5.88. The average Bonchev–Trinajstić information content (AvgIpc) is 2.42. The molecule has 1 aromatic rings. The summed E-state index contributed by atoms with van der Waals surface area (Å²) in [5, 5.41) is 0. The molecule has 0 radical (unpaired) electrons. The van der Waals surface area contributed by atoms with Crippen molar-refractivity contribution in [3.05, 3.63) is 29.3 Å². The predicted octanol–water partition coefficient (Wildman–Crippen LogP) is 2.91. The minimum atomic E-state index is -0.107. The molecule has 0 atom stereocenters. The monoisotopic (exact) mass is 290 g/mol. The third-order valence-corrected chi connectivity index (χ3v) is 3.66. The van der Waals surface area contributed by atoms with Gasteiger partial charge < -0.3 is 9.80 Å². The zero-order valence-corrected chi connectivity index (χ0v) is 13.8. The number of amides is 2. The van der Waals surface area contributed by atoms with Crippen molar-refractivity contribution in [3.8, 4) is 0 Å². The van der Waals surface area contributed by atoms with Gasteiger partial charge in [-0.05, 0) is 31.4 Å². The molecule has 116 valence electrons. The predicted molar refractivity (Wildman–Crippen MR) is 86.5 cm³/mol. The van der Waals surface area contributed by atoms with Crippen molar-refractivity contribution in [2.45, 2.75) is 40.5 Å². The number of rotatable bonds is 6. The number of anilines is 1. The fraction of sp³-hybridized carbons (Fsp3) is 0.529. The molecule has 4 nitrogen and oxygen atoms in total. The molecule has 0 N–H and O–H groups in total. The van der Waals surface area contributed by atoms with Gasteiger partial charge in [0.1, 0.15) is 6.54 Å². The number of para-hydroxylation sites is 1. The van der Waals surface area contributed by atoms with Gasteiger partial charge in [-0.2, -0.15) is 0 Å². The van der Waals surface area contributed by atoms with Gasteiger partial charge in [0.25, 0.3) is 0 Å². The van der Waals surface area contributed by atoms with E-state index in [1.165, 1.54) is 6.92 Å². The maximum atomic E-state index is 12.3. The number of carbonyl (C=O) groups excluding carboxylic acids is 2. The third-order valence-electron chi connectivity index (χ3n) is 3.66. The van der Waals surface area contributed by atoms with Crippen molar-refractivity contribution >= 4 is 17.5 Å². The molecule has 0 unspecified atom stereocenters. The standard InChI is InChI=1S/C17H26N2O2/c1-6-7-11-18(5)16(21)12-19(15(4)20)17-13(2)9-8-10-14(17)3/h8-10H,6-7,11-12H2,1-5H3. The summed E-state index contributed by atoms with van der Waals surface area (Å²) in [4.78, 5) is 27.5. The Morgan fingerprint density at radius 2 is 1.71 bits per heavy atom. The molecule has 0 aromatic heterocycles. The van der Waals surface area contributed by atoms with Gasteiger partial charge in [0.15, 0.2) is 0 Å². The van der Waals surface area contributed by atoms with Crippen molar-refractivity contribution in [3.63, 3.8) is 0 Å². The first-order valence-electron chi connectivity index (χ1n) is 7.46. The Morgan fingerprint density at radius 1 is 1.14 bits per heavy atom. The summed E-state index contributed by atoms with van der Waals surface area (Å²) in [7, 11) is 1.79. The van der Waals surface area contributed by atoms with E-state index in [1.807, 2.05) is 32.0 Å². The van der Waals surface area contributed by atoms with Gasteiger partial charge >= 0.3 is 0 Å². The summed E-state index contributed by atoms with van der Waals surface area (Å²) in [5.41, 5.74) is 2.87. The van der Waals surface area contributed by atoms with Gasteiger partial charge in [-0.25, -0.2) is 0 Å². The highest BCUT2D eigenvalue weighted by Gasteiger charge is 2.20. The number of carbonyl (C=O) groups is 2. The number of likely N-dealkylation sites (N-methyl/N-ethyl adjacent to an activating group) is 1. The lowest BCUT2D eigenvalue weighted by molar-refractivity contribution is -0.130. The Balaban J connectivity index is 2.94. The highest BCUT2D eigenvalue weighted by atomic mass is 16.2. The highest BCUT2D eigenvalue weighted by molar-refractivity contribution is 5.98. The zero-order chi connectivity index (χ0) is 16.0. The van der Waals surface area contributed by atoms with Crippen LogP contribution in [0.4, 0.5) is 5.69 Å². The molecule has 21 heavy (non-hydrogen) atoms. The van der Waals surface area contributed by atoms with E-state index in [0.29, 0.717) is 0 Å². The Labute approximate surface area is 127 Å². The molecule has 0 bridgehead atoms. The summed E-state index contributed by atoms with van der Waals surface area (Å²) in [6.07, 6.45) is 2.02. The molecule has 4 heteroatoms. The molecular weight excluding hydrogens is 264 g/mol. The summed E-state index contributed by atoms with van der Waals surface area (Å²) >= 11 is 0. The van der Waals surface area contributed by atoms with Crippen molar-refractivity contribution in [2.75, 3.05) is 25.0 Å². The molecule has 0 spiro atoms. The SMILES string of the molecule is CCCCN(C)C(=O)CN(C(C)=O)c1c(C)cccc1C. The third kappa shape index (κ3) is 4.59. The van der Waals surface area contributed by atoms with Crippen LogP contribution in [0, 0.1) is 13.8 Å². The van der Waals surface area contributed by atoms with Gasteiger partial charge in [0.2, 0.25) is 11.8 Å². The first-order valence-corrected chi connectivity index (χ1v) is 7.46. The van der Waals surface area contributed by atoms with E-state index < -0.39 is 0 Å². The maximum absolute atomic E-state index is 12.3. The van der Waals surface area contributed by atoms with Crippen LogP contribution in [0.3, 0.4) is 0 Å². The molecular formula is C17H26N2O2. The van der Waals surface area contributed by atoms with E-state index >= 15 is 0 Å². The van der Waals surface area contributed by atoms with Crippen LogP contribution >= 0.6 is 0 Å². The first kappa shape index (κ1) is 17.2. The molecule has 0 aliphatic rings. The van der Waals surface area contributed by atoms with Crippen molar-refractivity contribution < 1.29 is 9.59 Å². The van der Waals surface area contributed by atoms with E-state index in [4.69, 9.17) is 0 Å². The van der Waals surface area contributed by atoms with Gasteiger partial charge in [-0.1, -0.05) is 31.5 Å². The number of aryl methyl sites for hydroxylation is 2. The molecule has 2 amide bonds. The lowest BCUT2D eigenvalue weighted by atomic mass is 10.1. The number of nitrogens with zero attached hydrogens (tertiary/aromatic N) is 2. The van der Waals surface area contributed by atoms with Crippen LogP contribution in [-0.2, 0) is 9.59 Å². The Morgan fingerprint density at radius 3 is 2.19 bits per heavy atom. The number of hydrogen-bond donors (Lipinski definition) is 0. The molecule has 1 rings (SSSR count). The van der Waals surface area contributed by atoms with E-state index in [0.717, 1.165) is 36.2 Å². The Bertz CT molecular complexity index is 491. The lowest BCUT2D eigenvalue weighted by Gasteiger charge is -2.27. The van der Waals surface area contributed by atoms with Gasteiger partial charge in [-0.3, -0.25) is 9.59 Å². The minimum absolute atomic E-state index is 0.0266. The topological polar surface area (TPSA) is 40.6 Å². The lowest BCUT2D eigenvalue weighted by Crippen LogP contribution is -2.41. The van der Waals surface area contributed by atoms with Crippen molar-refractivity contribution in [2.24, 2.45) is 0 Å². The van der Waals surface area contributed by atoms with Crippen LogP contribution in [-0.4, -0.2) is 36.9 Å². The fourth-order valence-electron chi connectivity index (χ4n) is 2.36. The molecule has 0 saturated heterocycles. The van der Waals surface area contributed by atoms with E-state index in [2.05, 4.69) is 6.92 Å². The van der Waals surface area contributed by atoms with Crippen LogP contribution in [0.15, 0.2) is 18.2 Å². The largest absolute Gasteiger partial charge is 0.344 e. The normalized spacial score (nSPS) is 10.3. The van der Waals surface area contributed by atoms with Crippen LogP contribution in [0.25, 0.3) is 0 Å². The van der Waals surface area contributed by atoms with Gasteiger partial charge in [0, 0.05) is 20.5 Å². The number of hydrogen-bond acceptors (Lipinski definition) is 2. The van der Waals surface area contributed by atoms with Crippen LogP contribution in [0.1, 0.15) is 37.8 Å². The second-order valence-corrected chi connectivity index (χ2v) is 5.51. The van der Waals surface area contributed by atoms with Crippen molar-refractivity contribution in [1.29, 1.82) is 0 Å². The quantitative estimate of drug-likeness (QED) is 0.808. The second-order valence-electron chi connectivity index (χ2n) is 5.51. The molecule has 0 heterocycles. The second kappa shape index (κ2) is 7.81. The Hall–Kier alpha value is -1.84. The van der Waals surface area contributed by atoms with Crippen LogP contribution < -0.4 is 4.90 Å². The molecule has 0 aliphatic carbocycles. The van der Waals surface area contributed by atoms with Gasteiger partial charge in [-0.15, -0.1) is 0 Å². The Kier molecular flexibility index (Phi) is 6.40.